The third-order valence-electron chi connectivity index (χ3n) is 1.65. The van der Waals surface area contributed by atoms with Crippen molar-refractivity contribution in [2.24, 2.45) is 10.2 Å². The van der Waals surface area contributed by atoms with Crippen LogP contribution in [0.2, 0.25) is 0 Å². The Hall–Kier alpha value is -0.990. The average Bonchev–Trinajstić information content (AvgIpc) is 2.36. The van der Waals surface area contributed by atoms with Crippen LogP contribution in [-0.4, -0.2) is 41.2 Å². The summed E-state index contributed by atoms with van der Waals surface area (Å²) >= 11 is 15.5. The van der Waals surface area contributed by atoms with Crippen LogP contribution in [0.15, 0.2) is 10.2 Å². The Balaban J connectivity index is 4.50. The van der Waals surface area contributed by atoms with E-state index in [1.54, 1.807) is 14.0 Å². The summed E-state index contributed by atoms with van der Waals surface area (Å²) in [5.41, 5.74) is 6.33. The van der Waals surface area contributed by atoms with Gasteiger partial charge in [-0.15, -0.1) is 11.6 Å². The summed E-state index contributed by atoms with van der Waals surface area (Å²) in [6.07, 6.45) is 0. The molecule has 0 saturated carbocycles. The Kier molecular flexibility index (Phi) is 9.43. The molecule has 0 fully saturated rings. The van der Waals surface area contributed by atoms with E-state index in [0.29, 0.717) is 23.1 Å². The monoisotopic (exact) mass is 309 g/mol. The van der Waals surface area contributed by atoms with Crippen molar-refractivity contribution in [3.63, 3.8) is 0 Å². The molecule has 3 N–H and O–H groups in total. The fourth-order valence-corrected chi connectivity index (χ4v) is 1.20. The predicted octanol–water partition coefficient (Wildman–Crippen LogP) is 0.962. The minimum absolute atomic E-state index is 0.186. The molecule has 9 heteroatoms. The lowest BCUT2D eigenvalue weighted by atomic mass is 10.3. The van der Waals surface area contributed by atoms with Gasteiger partial charge in [-0.25, -0.2) is 5.43 Å². The van der Waals surface area contributed by atoms with Crippen LogP contribution in [0.5, 0.6) is 0 Å². The second-order valence-corrected chi connectivity index (χ2v) is 3.96. The number of rotatable bonds is 5. The van der Waals surface area contributed by atoms with E-state index in [0.717, 1.165) is 0 Å². The predicted molar refractivity (Wildman–Crippen MR) is 83.4 cm³/mol. The van der Waals surface area contributed by atoms with Crippen LogP contribution >= 0.6 is 36.0 Å². The molecule has 0 amide bonds. The number of nitrogens with one attached hydrogen (secondary N) is 3. The molecule has 0 radical (unpaired) electrons. The maximum Gasteiger partial charge on any atom is 0.277 e. The Morgan fingerprint density at radius 3 is 2.44 bits per heavy atom. The first-order valence-corrected chi connectivity index (χ1v) is 6.47. The lowest BCUT2D eigenvalue weighted by Crippen LogP contribution is -2.31. The van der Waals surface area contributed by atoms with Gasteiger partial charge in [0.15, 0.2) is 5.11 Å². The molecule has 0 aromatic carbocycles. The van der Waals surface area contributed by atoms with Crippen molar-refractivity contribution in [3.05, 3.63) is 0 Å². The van der Waals surface area contributed by atoms with Crippen molar-refractivity contribution < 1.29 is 4.74 Å². The molecule has 0 aromatic heterocycles. The highest BCUT2D eigenvalue weighted by Gasteiger charge is 2.04. The number of nitrogens with zero attached hydrogens (tertiary/aromatic N) is 2. The van der Waals surface area contributed by atoms with E-state index in [1.165, 1.54) is 0 Å². The highest BCUT2D eigenvalue weighted by Crippen LogP contribution is 1.89. The second kappa shape index (κ2) is 9.98. The maximum absolute atomic E-state index is 5.76. The third kappa shape index (κ3) is 7.36. The Bertz CT molecular complexity index is 359. The van der Waals surface area contributed by atoms with Crippen LogP contribution < -0.4 is 16.2 Å². The van der Waals surface area contributed by atoms with Crippen LogP contribution in [0.1, 0.15) is 13.8 Å². The van der Waals surface area contributed by atoms with Gasteiger partial charge in [0.2, 0.25) is 0 Å². The molecule has 0 rings (SSSR count). The summed E-state index contributed by atoms with van der Waals surface area (Å²) in [4.78, 5) is 0. The zero-order chi connectivity index (χ0) is 14.0. The molecule has 102 valence electrons. The minimum Gasteiger partial charge on any atom is -0.470 e. The lowest BCUT2D eigenvalue weighted by molar-refractivity contribution is 0.321. The zero-order valence-corrected chi connectivity index (χ0v) is 12.8. The van der Waals surface area contributed by atoms with Gasteiger partial charge in [0.25, 0.3) is 5.17 Å². The largest absolute Gasteiger partial charge is 0.470 e. The van der Waals surface area contributed by atoms with Gasteiger partial charge in [0, 0.05) is 7.05 Å². The van der Waals surface area contributed by atoms with E-state index in [1.807, 2.05) is 6.92 Å². The van der Waals surface area contributed by atoms with Gasteiger partial charge in [0.1, 0.15) is 0 Å². The Morgan fingerprint density at radius 2 is 1.94 bits per heavy atom. The molecule has 0 aromatic rings. The quantitative estimate of drug-likeness (QED) is 0.304. The summed E-state index contributed by atoms with van der Waals surface area (Å²) < 4.78 is 5.02. The SMILES string of the molecule is CCOC(=S)N/N=C(CCl)/C(C)=N/NC(=S)NC. The first-order chi connectivity index (χ1) is 8.54. The fourth-order valence-electron chi connectivity index (χ4n) is 0.739. The molecule has 18 heavy (non-hydrogen) atoms. The molecule has 0 saturated heterocycles. The molecular weight excluding hydrogens is 294 g/mol. The van der Waals surface area contributed by atoms with Crippen LogP contribution in [-0.2, 0) is 4.74 Å². The smallest absolute Gasteiger partial charge is 0.277 e. The molecule has 0 aliphatic rings. The molecule has 0 heterocycles. The first kappa shape index (κ1) is 17.0. The summed E-state index contributed by atoms with van der Waals surface area (Å²) in [5.74, 6) is 0.186. The van der Waals surface area contributed by atoms with E-state index in [-0.39, 0.29) is 11.1 Å². The van der Waals surface area contributed by atoms with Gasteiger partial charge in [-0.05, 0) is 38.3 Å². The molecule has 0 aliphatic heterocycles. The number of hydrogen-bond acceptors (Lipinski definition) is 5. The third-order valence-corrected chi connectivity index (χ3v) is 2.41. The van der Waals surface area contributed by atoms with Gasteiger partial charge in [-0.2, -0.15) is 10.2 Å². The van der Waals surface area contributed by atoms with Crippen molar-refractivity contribution in [1.82, 2.24) is 16.2 Å². The standard InChI is InChI=1S/C9H16ClN5OS2/c1-4-16-9(18)15-13-7(5-10)6(2)12-14-8(17)11-3/h4-5H2,1-3H3,(H,15,18)(H2,11,14,17)/b12-6+,13-7+. The molecule has 6 nitrogen and oxygen atoms in total. The molecule has 0 atom stereocenters. The van der Waals surface area contributed by atoms with Crippen molar-refractivity contribution in [1.29, 1.82) is 0 Å². The molecule has 0 bridgehead atoms. The summed E-state index contributed by atoms with van der Waals surface area (Å²) in [6, 6.07) is 0. The first-order valence-electron chi connectivity index (χ1n) is 5.12. The van der Waals surface area contributed by atoms with Crippen LogP contribution in [0.25, 0.3) is 0 Å². The van der Waals surface area contributed by atoms with E-state index in [4.69, 9.17) is 40.8 Å². The van der Waals surface area contributed by atoms with Gasteiger partial charge in [-0.1, -0.05) is 0 Å². The van der Waals surface area contributed by atoms with Crippen LogP contribution in [0.3, 0.4) is 0 Å². The zero-order valence-electron chi connectivity index (χ0n) is 10.4. The van der Waals surface area contributed by atoms with Gasteiger partial charge >= 0.3 is 0 Å². The molecule has 0 spiro atoms. The van der Waals surface area contributed by atoms with E-state index < -0.39 is 0 Å². The van der Waals surface area contributed by atoms with Crippen LogP contribution in [0, 0.1) is 0 Å². The van der Waals surface area contributed by atoms with Crippen molar-refractivity contribution in [2.45, 2.75) is 13.8 Å². The van der Waals surface area contributed by atoms with E-state index >= 15 is 0 Å². The number of hydrogen-bond donors (Lipinski definition) is 3. The minimum atomic E-state index is 0.186. The van der Waals surface area contributed by atoms with Crippen molar-refractivity contribution in [3.8, 4) is 0 Å². The number of hydrazone groups is 2. The Morgan fingerprint density at radius 1 is 1.28 bits per heavy atom. The molecule has 0 aliphatic carbocycles. The summed E-state index contributed by atoms with van der Waals surface area (Å²) in [7, 11) is 1.69. The fraction of sp³-hybridized carbons (Fsp3) is 0.556. The average molecular weight is 310 g/mol. The number of halogens is 1. The molecular formula is C9H16ClN5OS2. The summed E-state index contributed by atoms with van der Waals surface area (Å²) in [6.45, 7) is 4.05. The van der Waals surface area contributed by atoms with Crippen molar-refractivity contribution in [2.75, 3.05) is 19.5 Å². The highest BCUT2D eigenvalue weighted by atomic mass is 35.5. The Labute approximate surface area is 122 Å². The second-order valence-electron chi connectivity index (χ2n) is 2.91. The van der Waals surface area contributed by atoms with E-state index in [2.05, 4.69) is 26.4 Å². The van der Waals surface area contributed by atoms with Crippen LogP contribution in [0.4, 0.5) is 0 Å². The number of ether oxygens (including phenoxy) is 1. The normalized spacial score (nSPS) is 11.8. The number of alkyl halides is 1. The van der Waals surface area contributed by atoms with Crippen molar-refractivity contribution >= 4 is 57.7 Å². The maximum atomic E-state index is 5.76. The van der Waals surface area contributed by atoms with E-state index in [9.17, 15) is 0 Å². The van der Waals surface area contributed by atoms with Gasteiger partial charge < -0.3 is 10.1 Å². The lowest BCUT2D eigenvalue weighted by Gasteiger charge is -2.07. The van der Waals surface area contributed by atoms with Gasteiger partial charge in [-0.3, -0.25) is 5.43 Å². The molecule has 0 unspecified atom stereocenters. The summed E-state index contributed by atoms with van der Waals surface area (Å²) in [5, 5.41) is 11.3. The number of thiocarbonyl (C=S) groups is 2. The van der Waals surface area contributed by atoms with Gasteiger partial charge in [0.05, 0.1) is 23.9 Å². The highest BCUT2D eigenvalue weighted by molar-refractivity contribution is 7.80. The topological polar surface area (TPSA) is 70.0 Å².